The van der Waals surface area contributed by atoms with Gasteiger partial charge in [0.25, 0.3) is 11.8 Å². The third kappa shape index (κ3) is 6.10. The zero-order valence-corrected chi connectivity index (χ0v) is 22.7. The van der Waals surface area contributed by atoms with Crippen LogP contribution in [0.3, 0.4) is 0 Å². The Morgan fingerprint density at radius 2 is 1.84 bits per heavy atom. The average Bonchev–Trinajstić information content (AvgIpc) is 2.92. The van der Waals surface area contributed by atoms with Crippen molar-refractivity contribution < 1.29 is 18.7 Å². The van der Waals surface area contributed by atoms with E-state index in [1.165, 1.54) is 31.7 Å². The summed E-state index contributed by atoms with van der Waals surface area (Å²) in [5, 5.41) is 6.09. The molecule has 3 heterocycles. The van der Waals surface area contributed by atoms with Gasteiger partial charge in [-0.15, -0.1) is 0 Å². The maximum absolute atomic E-state index is 14.7. The van der Waals surface area contributed by atoms with Crippen molar-refractivity contribution in [1.29, 1.82) is 0 Å². The minimum absolute atomic E-state index is 0. The molecule has 0 aliphatic rings. The molecule has 1 aromatic carbocycles. The number of fused-ring (bicyclic) bond motifs is 1. The smallest absolute Gasteiger partial charge is 0.257 e. The van der Waals surface area contributed by atoms with Gasteiger partial charge in [0, 0.05) is 48.9 Å². The number of halogens is 1. The van der Waals surface area contributed by atoms with Gasteiger partial charge in [0.15, 0.2) is 5.75 Å². The molecule has 0 aliphatic heterocycles. The van der Waals surface area contributed by atoms with E-state index in [1.54, 1.807) is 12.3 Å². The Morgan fingerprint density at radius 1 is 1.05 bits per heavy atom. The molecule has 38 heavy (non-hydrogen) atoms. The fraction of sp³-hybridized carbons (Fsp3) is 0.296. The molecule has 4 aromatic rings. The second-order valence-corrected chi connectivity index (χ2v) is 8.26. The molecule has 0 unspecified atom stereocenters. The highest BCUT2D eigenvalue weighted by Gasteiger charge is 2.19. The van der Waals surface area contributed by atoms with Crippen LogP contribution in [-0.2, 0) is 0 Å². The Kier molecular flexibility index (Phi) is 9.78. The van der Waals surface area contributed by atoms with Crippen LogP contribution < -0.4 is 20.1 Å². The SMILES string of the molecule is CCOc1cc(-c2cc(NC[C@@H](C)c3ccc(F)c4c(C(=O)NC)ccnc34)ncn2)cnc1OCC.S. The minimum Gasteiger partial charge on any atom is -0.488 e. The van der Waals surface area contributed by atoms with Gasteiger partial charge in [-0.3, -0.25) is 9.78 Å². The number of anilines is 1. The number of carbonyl (C=O) groups excluding carboxylic acids is 1. The number of nitrogens with one attached hydrogen (secondary N) is 2. The second-order valence-electron chi connectivity index (χ2n) is 8.26. The van der Waals surface area contributed by atoms with Crippen molar-refractivity contribution in [3.8, 4) is 22.9 Å². The maximum atomic E-state index is 14.7. The lowest BCUT2D eigenvalue weighted by Crippen LogP contribution is -2.19. The number of carbonyl (C=O) groups is 1. The maximum Gasteiger partial charge on any atom is 0.257 e. The van der Waals surface area contributed by atoms with Crippen LogP contribution in [0.4, 0.5) is 10.2 Å². The third-order valence-electron chi connectivity index (χ3n) is 5.83. The lowest BCUT2D eigenvalue weighted by Gasteiger charge is -2.17. The van der Waals surface area contributed by atoms with Crippen LogP contribution in [0.2, 0.25) is 0 Å². The molecule has 0 fully saturated rings. The lowest BCUT2D eigenvalue weighted by atomic mass is 9.95. The van der Waals surface area contributed by atoms with E-state index in [4.69, 9.17) is 9.47 Å². The van der Waals surface area contributed by atoms with Crippen molar-refractivity contribution >= 4 is 36.1 Å². The first-order valence-corrected chi connectivity index (χ1v) is 12.1. The molecule has 0 saturated carbocycles. The quantitative estimate of drug-likeness (QED) is 0.299. The summed E-state index contributed by atoms with van der Waals surface area (Å²) >= 11 is 0. The molecule has 0 radical (unpaired) electrons. The normalized spacial score (nSPS) is 11.4. The van der Waals surface area contributed by atoms with Crippen molar-refractivity contribution in [2.24, 2.45) is 0 Å². The number of nitrogens with zero attached hydrogens (tertiary/aromatic N) is 4. The van der Waals surface area contributed by atoms with E-state index in [2.05, 4.69) is 30.6 Å². The minimum atomic E-state index is -0.485. The zero-order valence-electron chi connectivity index (χ0n) is 21.7. The average molecular weight is 539 g/mol. The summed E-state index contributed by atoms with van der Waals surface area (Å²) in [7, 11) is 1.51. The Labute approximate surface area is 227 Å². The van der Waals surface area contributed by atoms with Gasteiger partial charge in [-0.1, -0.05) is 13.0 Å². The predicted molar refractivity (Wildman–Crippen MR) is 150 cm³/mol. The van der Waals surface area contributed by atoms with Gasteiger partial charge >= 0.3 is 0 Å². The molecule has 0 bridgehead atoms. The van der Waals surface area contributed by atoms with Crippen LogP contribution in [-0.4, -0.2) is 52.6 Å². The fourth-order valence-corrected chi connectivity index (χ4v) is 4.02. The van der Waals surface area contributed by atoms with E-state index in [9.17, 15) is 9.18 Å². The van der Waals surface area contributed by atoms with E-state index in [-0.39, 0.29) is 36.3 Å². The van der Waals surface area contributed by atoms with E-state index in [1.807, 2.05) is 32.9 Å². The Balaban J connectivity index is 0.00000400. The van der Waals surface area contributed by atoms with Crippen LogP contribution in [0.1, 0.15) is 42.6 Å². The Bertz CT molecular complexity index is 1420. The summed E-state index contributed by atoms with van der Waals surface area (Å²) in [6, 6.07) is 8.27. The number of amides is 1. The van der Waals surface area contributed by atoms with Gasteiger partial charge in [0.05, 0.1) is 30.0 Å². The van der Waals surface area contributed by atoms with Gasteiger partial charge in [0.1, 0.15) is 18.0 Å². The van der Waals surface area contributed by atoms with Crippen LogP contribution in [0.15, 0.2) is 49.1 Å². The first-order chi connectivity index (χ1) is 18.0. The number of pyridine rings is 2. The second kappa shape index (κ2) is 13.0. The summed E-state index contributed by atoms with van der Waals surface area (Å²) in [6.45, 7) is 7.25. The largest absolute Gasteiger partial charge is 0.488 e. The van der Waals surface area contributed by atoms with Crippen LogP contribution in [0.25, 0.3) is 22.2 Å². The number of hydrogen-bond donors (Lipinski definition) is 2. The van der Waals surface area contributed by atoms with Gasteiger partial charge in [0.2, 0.25) is 0 Å². The molecule has 9 nitrogen and oxygen atoms in total. The highest BCUT2D eigenvalue weighted by Crippen LogP contribution is 2.31. The standard InChI is InChI=1S/C27H29FN6O3.H2S/c1-5-36-22-11-17(14-32-27(22)37-6-2)21-12-23(34-15-33-21)31-13-16(3)18-7-8-20(28)24-19(26(35)29-4)9-10-30-25(18)24;/h7-12,14-16H,5-6,13H2,1-4H3,(H,29,35)(H,31,33,34);1H2/t16-;/m1./s1. The van der Waals surface area contributed by atoms with Crippen molar-refractivity contribution in [1.82, 2.24) is 25.3 Å². The molecule has 3 aromatic heterocycles. The molecule has 2 N–H and O–H groups in total. The van der Waals surface area contributed by atoms with Crippen molar-refractivity contribution in [2.45, 2.75) is 26.7 Å². The molecular formula is C27H31FN6O3S. The van der Waals surface area contributed by atoms with E-state index in [0.717, 1.165) is 11.1 Å². The highest BCUT2D eigenvalue weighted by molar-refractivity contribution is 7.59. The van der Waals surface area contributed by atoms with Gasteiger partial charge in [-0.25, -0.2) is 19.3 Å². The number of rotatable bonds is 10. The van der Waals surface area contributed by atoms with Crippen LogP contribution in [0, 0.1) is 5.82 Å². The summed E-state index contributed by atoms with van der Waals surface area (Å²) in [6.07, 6.45) is 4.68. The number of benzene rings is 1. The monoisotopic (exact) mass is 538 g/mol. The van der Waals surface area contributed by atoms with Gasteiger partial charge in [-0.05, 0) is 37.6 Å². The Morgan fingerprint density at radius 3 is 2.58 bits per heavy atom. The highest BCUT2D eigenvalue weighted by atomic mass is 32.1. The van der Waals surface area contributed by atoms with E-state index >= 15 is 0 Å². The first-order valence-electron chi connectivity index (χ1n) is 12.1. The molecule has 4 rings (SSSR count). The molecule has 0 saturated heterocycles. The van der Waals surface area contributed by atoms with Crippen molar-refractivity contribution in [2.75, 3.05) is 32.1 Å². The summed E-state index contributed by atoms with van der Waals surface area (Å²) < 4.78 is 25.9. The zero-order chi connectivity index (χ0) is 26.4. The summed E-state index contributed by atoms with van der Waals surface area (Å²) in [5.41, 5.74) is 2.97. The van der Waals surface area contributed by atoms with Crippen molar-refractivity contribution in [3.05, 3.63) is 66.0 Å². The van der Waals surface area contributed by atoms with Crippen LogP contribution in [0.5, 0.6) is 11.6 Å². The fourth-order valence-electron chi connectivity index (χ4n) is 4.02. The third-order valence-corrected chi connectivity index (χ3v) is 5.83. The van der Waals surface area contributed by atoms with Crippen molar-refractivity contribution in [3.63, 3.8) is 0 Å². The molecule has 1 atom stereocenters. The topological polar surface area (TPSA) is 111 Å². The molecule has 0 spiro atoms. The molecule has 0 aliphatic carbocycles. The lowest BCUT2D eigenvalue weighted by molar-refractivity contribution is 0.0964. The molecule has 11 heteroatoms. The van der Waals surface area contributed by atoms with Crippen LogP contribution >= 0.6 is 13.5 Å². The molecule has 200 valence electrons. The first kappa shape index (κ1) is 28.6. The predicted octanol–water partition coefficient (Wildman–Crippen LogP) is 4.71. The molecule has 1 amide bonds. The van der Waals surface area contributed by atoms with E-state index < -0.39 is 5.82 Å². The number of aromatic nitrogens is 4. The number of ether oxygens (including phenoxy) is 2. The summed E-state index contributed by atoms with van der Waals surface area (Å²) in [4.78, 5) is 29.8. The molecular weight excluding hydrogens is 507 g/mol. The summed E-state index contributed by atoms with van der Waals surface area (Å²) in [5.74, 6) is 0.699. The van der Waals surface area contributed by atoms with E-state index in [0.29, 0.717) is 48.4 Å². The van der Waals surface area contributed by atoms with Gasteiger partial charge < -0.3 is 20.1 Å². The Hall–Kier alpha value is -3.99. The van der Waals surface area contributed by atoms with Gasteiger partial charge in [-0.2, -0.15) is 13.5 Å². The number of hydrogen-bond acceptors (Lipinski definition) is 8.